The van der Waals surface area contributed by atoms with Crippen LogP contribution in [-0.4, -0.2) is 29.1 Å². The van der Waals surface area contributed by atoms with E-state index in [4.69, 9.17) is 0 Å². The summed E-state index contributed by atoms with van der Waals surface area (Å²) >= 11 is 1.64. The lowest BCUT2D eigenvalue weighted by Gasteiger charge is -2.30. The van der Waals surface area contributed by atoms with E-state index in [0.717, 1.165) is 5.56 Å². The van der Waals surface area contributed by atoms with E-state index < -0.39 is 11.5 Å². The Bertz CT molecular complexity index is 367. The number of likely N-dealkylation sites (N-methyl/N-ethyl adjacent to an activating group) is 1. The standard InChI is InChI=1S/C13H19NO2S/c1-10(2)17-9-13(14-3,12(15)16)11-7-5-4-6-8-11/h4-8,10,14H,9H2,1-3H3,(H,15,16). The van der Waals surface area contributed by atoms with E-state index in [1.807, 2.05) is 30.3 Å². The zero-order valence-corrected chi connectivity index (χ0v) is 11.3. The lowest BCUT2D eigenvalue weighted by Crippen LogP contribution is -2.49. The fraction of sp³-hybridized carbons (Fsp3) is 0.462. The van der Waals surface area contributed by atoms with Gasteiger partial charge in [0.1, 0.15) is 0 Å². The lowest BCUT2D eigenvalue weighted by molar-refractivity contribution is -0.144. The normalized spacial score (nSPS) is 14.6. The summed E-state index contributed by atoms with van der Waals surface area (Å²) in [5.41, 5.74) is -0.209. The highest BCUT2D eigenvalue weighted by Gasteiger charge is 2.38. The molecule has 1 aromatic rings. The highest BCUT2D eigenvalue weighted by atomic mass is 32.2. The van der Waals surface area contributed by atoms with Gasteiger partial charge in [0.15, 0.2) is 5.54 Å². The Morgan fingerprint density at radius 1 is 1.41 bits per heavy atom. The van der Waals surface area contributed by atoms with Gasteiger partial charge in [-0.25, -0.2) is 4.79 Å². The average Bonchev–Trinajstić information content (AvgIpc) is 2.31. The van der Waals surface area contributed by atoms with Crippen LogP contribution in [0, 0.1) is 0 Å². The van der Waals surface area contributed by atoms with E-state index in [1.165, 1.54) is 0 Å². The number of rotatable bonds is 6. The van der Waals surface area contributed by atoms with Gasteiger partial charge < -0.3 is 10.4 Å². The maximum absolute atomic E-state index is 11.6. The fourth-order valence-corrected chi connectivity index (χ4v) is 2.62. The summed E-state index contributed by atoms with van der Waals surface area (Å²) < 4.78 is 0. The van der Waals surface area contributed by atoms with Crippen LogP contribution < -0.4 is 5.32 Å². The Labute approximate surface area is 107 Å². The van der Waals surface area contributed by atoms with Gasteiger partial charge in [-0.2, -0.15) is 11.8 Å². The molecule has 1 unspecified atom stereocenters. The summed E-state index contributed by atoms with van der Waals surface area (Å²) in [5.74, 6) is -0.320. The number of nitrogens with one attached hydrogen (secondary N) is 1. The molecule has 0 fully saturated rings. The zero-order valence-electron chi connectivity index (χ0n) is 10.4. The fourth-order valence-electron chi connectivity index (χ4n) is 1.61. The molecule has 1 aromatic carbocycles. The van der Waals surface area contributed by atoms with E-state index in [2.05, 4.69) is 19.2 Å². The number of aliphatic carboxylic acids is 1. The number of benzene rings is 1. The number of carbonyl (C=O) groups is 1. The Kier molecular flexibility index (Phi) is 5.02. The second kappa shape index (κ2) is 6.07. The van der Waals surface area contributed by atoms with Crippen molar-refractivity contribution in [1.29, 1.82) is 0 Å². The lowest BCUT2D eigenvalue weighted by atomic mass is 9.92. The second-order valence-corrected chi connectivity index (χ2v) is 5.75. The van der Waals surface area contributed by atoms with Crippen LogP contribution in [0.3, 0.4) is 0 Å². The van der Waals surface area contributed by atoms with Crippen LogP contribution >= 0.6 is 11.8 Å². The molecular weight excluding hydrogens is 234 g/mol. The molecule has 0 radical (unpaired) electrons. The molecule has 0 spiro atoms. The minimum absolute atomic E-state index is 0.408. The minimum Gasteiger partial charge on any atom is -0.480 e. The third-order valence-electron chi connectivity index (χ3n) is 2.69. The number of thioether (sulfide) groups is 1. The maximum Gasteiger partial charge on any atom is 0.329 e. The van der Waals surface area contributed by atoms with Crippen molar-refractivity contribution in [2.24, 2.45) is 0 Å². The van der Waals surface area contributed by atoms with Crippen LogP contribution in [-0.2, 0) is 10.3 Å². The zero-order chi connectivity index (χ0) is 12.9. The monoisotopic (exact) mass is 253 g/mol. The van der Waals surface area contributed by atoms with Crippen LogP contribution in [0.25, 0.3) is 0 Å². The largest absolute Gasteiger partial charge is 0.480 e. The Balaban J connectivity index is 3.05. The highest BCUT2D eigenvalue weighted by molar-refractivity contribution is 7.99. The Hall–Kier alpha value is -1.00. The molecule has 0 heterocycles. The van der Waals surface area contributed by atoms with E-state index in [9.17, 15) is 9.90 Å². The summed E-state index contributed by atoms with van der Waals surface area (Å²) in [5, 5.41) is 12.9. The van der Waals surface area contributed by atoms with Crippen molar-refractivity contribution in [3.8, 4) is 0 Å². The van der Waals surface area contributed by atoms with Gasteiger partial charge in [-0.05, 0) is 17.9 Å². The van der Waals surface area contributed by atoms with Crippen LogP contribution in [0.15, 0.2) is 30.3 Å². The molecule has 3 nitrogen and oxygen atoms in total. The smallest absolute Gasteiger partial charge is 0.329 e. The maximum atomic E-state index is 11.6. The summed E-state index contributed by atoms with van der Waals surface area (Å²) in [6.45, 7) is 4.13. The first kappa shape index (κ1) is 14.1. The molecule has 94 valence electrons. The van der Waals surface area contributed by atoms with E-state index in [1.54, 1.807) is 18.8 Å². The Morgan fingerprint density at radius 2 is 2.00 bits per heavy atom. The molecule has 1 rings (SSSR count). The number of carboxylic acids is 1. The molecule has 0 aromatic heterocycles. The number of hydrogen-bond donors (Lipinski definition) is 2. The first-order valence-corrected chi connectivity index (χ1v) is 6.67. The van der Waals surface area contributed by atoms with Gasteiger partial charge in [-0.15, -0.1) is 0 Å². The minimum atomic E-state index is -1.00. The van der Waals surface area contributed by atoms with Gasteiger partial charge >= 0.3 is 5.97 Å². The second-order valence-electron chi connectivity index (χ2n) is 4.19. The molecule has 1 atom stereocenters. The van der Waals surface area contributed by atoms with Gasteiger partial charge in [-0.3, -0.25) is 0 Å². The third kappa shape index (κ3) is 3.23. The number of hydrogen-bond acceptors (Lipinski definition) is 3. The van der Waals surface area contributed by atoms with Crippen LogP contribution in [0.2, 0.25) is 0 Å². The van der Waals surface area contributed by atoms with Crippen molar-refractivity contribution in [3.63, 3.8) is 0 Å². The predicted octanol–water partition coefficient (Wildman–Crippen LogP) is 2.33. The van der Waals surface area contributed by atoms with Crippen molar-refractivity contribution in [2.75, 3.05) is 12.8 Å². The number of carboxylic acid groups (broad SMARTS) is 1. The van der Waals surface area contributed by atoms with Gasteiger partial charge in [0, 0.05) is 5.75 Å². The molecule has 0 bridgehead atoms. The summed E-state index contributed by atoms with van der Waals surface area (Å²) in [6.07, 6.45) is 0. The van der Waals surface area contributed by atoms with Crippen molar-refractivity contribution in [2.45, 2.75) is 24.6 Å². The Morgan fingerprint density at radius 3 is 2.41 bits per heavy atom. The van der Waals surface area contributed by atoms with E-state index >= 15 is 0 Å². The first-order chi connectivity index (χ1) is 8.03. The van der Waals surface area contributed by atoms with Crippen LogP contribution in [0.4, 0.5) is 0 Å². The highest BCUT2D eigenvalue weighted by Crippen LogP contribution is 2.27. The summed E-state index contributed by atoms with van der Waals surface area (Å²) in [6, 6.07) is 9.33. The molecule has 0 saturated carbocycles. The molecule has 0 amide bonds. The molecule has 0 saturated heterocycles. The molecule has 0 aliphatic heterocycles. The van der Waals surface area contributed by atoms with Gasteiger partial charge in [0.2, 0.25) is 0 Å². The first-order valence-electron chi connectivity index (χ1n) is 5.62. The van der Waals surface area contributed by atoms with Crippen LogP contribution in [0.5, 0.6) is 0 Å². The van der Waals surface area contributed by atoms with Crippen molar-refractivity contribution in [1.82, 2.24) is 5.32 Å². The van der Waals surface area contributed by atoms with E-state index in [0.29, 0.717) is 11.0 Å². The summed E-state index contributed by atoms with van der Waals surface area (Å²) in [7, 11) is 1.70. The van der Waals surface area contributed by atoms with Crippen LogP contribution in [0.1, 0.15) is 19.4 Å². The van der Waals surface area contributed by atoms with Crippen molar-refractivity contribution < 1.29 is 9.90 Å². The SMILES string of the molecule is CNC(CSC(C)C)(C(=O)O)c1ccccc1. The van der Waals surface area contributed by atoms with Gasteiger partial charge in [0.25, 0.3) is 0 Å². The molecule has 17 heavy (non-hydrogen) atoms. The molecule has 4 heteroatoms. The topological polar surface area (TPSA) is 49.3 Å². The molecule has 2 N–H and O–H groups in total. The molecular formula is C13H19NO2S. The average molecular weight is 253 g/mol. The quantitative estimate of drug-likeness (QED) is 0.817. The molecule has 0 aliphatic rings. The van der Waals surface area contributed by atoms with E-state index in [-0.39, 0.29) is 0 Å². The van der Waals surface area contributed by atoms with Crippen molar-refractivity contribution >= 4 is 17.7 Å². The van der Waals surface area contributed by atoms with Gasteiger partial charge in [0.05, 0.1) is 0 Å². The van der Waals surface area contributed by atoms with Crippen molar-refractivity contribution in [3.05, 3.63) is 35.9 Å². The molecule has 0 aliphatic carbocycles. The predicted molar refractivity (Wildman–Crippen MR) is 72.4 cm³/mol. The van der Waals surface area contributed by atoms with Gasteiger partial charge in [-0.1, -0.05) is 44.2 Å². The summed E-state index contributed by atoms with van der Waals surface area (Å²) in [4.78, 5) is 11.6. The third-order valence-corrected chi connectivity index (χ3v) is 3.96.